The fourth-order valence-electron chi connectivity index (χ4n) is 1.83. The summed E-state index contributed by atoms with van der Waals surface area (Å²) in [5, 5.41) is 0. The van der Waals surface area contributed by atoms with E-state index in [2.05, 4.69) is 16.9 Å². The Kier molecular flexibility index (Phi) is 3.44. The number of rotatable bonds is 5. The lowest BCUT2D eigenvalue weighted by Gasteiger charge is -1.96. The van der Waals surface area contributed by atoms with Gasteiger partial charge in [-0.05, 0) is 18.6 Å². The first kappa shape index (κ1) is 11.0. The normalized spacial score (nSPS) is 10.9. The molecule has 0 saturated heterocycles. The molecule has 0 bridgehead atoms. The van der Waals surface area contributed by atoms with Gasteiger partial charge < -0.3 is 9.72 Å². The summed E-state index contributed by atoms with van der Waals surface area (Å²) in [4.78, 5) is 7.89. The maximum Gasteiger partial charge on any atom is 0.121 e. The molecule has 0 aliphatic carbocycles. The fraction of sp³-hybridized carbons (Fsp3) is 0.462. The van der Waals surface area contributed by atoms with E-state index in [-0.39, 0.29) is 0 Å². The molecule has 0 unspecified atom stereocenters. The van der Waals surface area contributed by atoms with Gasteiger partial charge in [0, 0.05) is 12.5 Å². The van der Waals surface area contributed by atoms with Crippen molar-refractivity contribution in [3.05, 3.63) is 24.0 Å². The van der Waals surface area contributed by atoms with Crippen molar-refractivity contribution in [3.8, 4) is 5.75 Å². The molecule has 1 N–H and O–H groups in total. The van der Waals surface area contributed by atoms with Crippen LogP contribution >= 0.6 is 0 Å². The molecule has 86 valence electrons. The number of nitrogens with one attached hydrogen (secondary N) is 1. The molecule has 0 amide bonds. The molecule has 0 atom stereocenters. The van der Waals surface area contributed by atoms with Gasteiger partial charge in [-0.25, -0.2) is 4.98 Å². The van der Waals surface area contributed by atoms with E-state index < -0.39 is 0 Å². The van der Waals surface area contributed by atoms with Crippen LogP contribution in [-0.4, -0.2) is 17.1 Å². The molecule has 3 nitrogen and oxygen atoms in total. The number of unbranched alkanes of at least 4 members (excludes halogenated alkanes) is 2. The molecular weight excluding hydrogens is 200 g/mol. The lowest BCUT2D eigenvalue weighted by Crippen LogP contribution is -1.87. The summed E-state index contributed by atoms with van der Waals surface area (Å²) >= 11 is 0. The molecule has 1 aromatic carbocycles. The van der Waals surface area contributed by atoms with Crippen LogP contribution in [0, 0.1) is 0 Å². The van der Waals surface area contributed by atoms with E-state index in [4.69, 9.17) is 4.74 Å². The molecule has 3 heteroatoms. The van der Waals surface area contributed by atoms with E-state index in [1.54, 1.807) is 7.11 Å². The van der Waals surface area contributed by atoms with Crippen molar-refractivity contribution in [3.63, 3.8) is 0 Å². The highest BCUT2D eigenvalue weighted by molar-refractivity contribution is 5.76. The quantitative estimate of drug-likeness (QED) is 0.782. The number of ether oxygens (including phenoxy) is 1. The Morgan fingerprint density at radius 1 is 1.31 bits per heavy atom. The van der Waals surface area contributed by atoms with E-state index in [0.717, 1.165) is 29.0 Å². The zero-order chi connectivity index (χ0) is 11.4. The molecule has 2 aromatic rings. The van der Waals surface area contributed by atoms with Crippen LogP contribution in [0.5, 0.6) is 5.75 Å². The second kappa shape index (κ2) is 5.01. The molecule has 0 aliphatic rings. The third kappa shape index (κ3) is 2.35. The van der Waals surface area contributed by atoms with E-state index in [9.17, 15) is 0 Å². The average molecular weight is 218 g/mol. The first-order valence-electron chi connectivity index (χ1n) is 5.86. The SMILES string of the molecule is CCCCCc1nc2ccc(OC)cc2[nH]1. The van der Waals surface area contributed by atoms with Gasteiger partial charge in [0.1, 0.15) is 11.6 Å². The molecule has 1 heterocycles. The summed E-state index contributed by atoms with van der Waals surface area (Å²) in [5.74, 6) is 1.95. The second-order valence-corrected chi connectivity index (χ2v) is 4.02. The molecular formula is C13H18N2O. The third-order valence-electron chi connectivity index (χ3n) is 2.76. The van der Waals surface area contributed by atoms with Crippen molar-refractivity contribution in [2.45, 2.75) is 32.6 Å². The monoisotopic (exact) mass is 218 g/mol. The van der Waals surface area contributed by atoms with Crippen molar-refractivity contribution >= 4 is 11.0 Å². The van der Waals surface area contributed by atoms with Gasteiger partial charge in [-0.2, -0.15) is 0 Å². The van der Waals surface area contributed by atoms with Gasteiger partial charge >= 0.3 is 0 Å². The van der Waals surface area contributed by atoms with Crippen LogP contribution in [0.2, 0.25) is 0 Å². The third-order valence-corrected chi connectivity index (χ3v) is 2.76. The predicted octanol–water partition coefficient (Wildman–Crippen LogP) is 3.30. The second-order valence-electron chi connectivity index (χ2n) is 4.02. The van der Waals surface area contributed by atoms with Gasteiger partial charge in [-0.15, -0.1) is 0 Å². The average Bonchev–Trinajstić information content (AvgIpc) is 2.70. The number of methoxy groups -OCH3 is 1. The highest BCUT2D eigenvalue weighted by Crippen LogP contribution is 2.19. The number of aryl methyl sites for hydroxylation is 1. The molecule has 0 spiro atoms. The van der Waals surface area contributed by atoms with Crippen LogP contribution in [-0.2, 0) is 6.42 Å². The summed E-state index contributed by atoms with van der Waals surface area (Å²) in [6.07, 6.45) is 4.74. The number of fused-ring (bicyclic) bond motifs is 1. The number of hydrogen-bond donors (Lipinski definition) is 1. The predicted molar refractivity (Wildman–Crippen MR) is 65.9 cm³/mol. The van der Waals surface area contributed by atoms with Crippen LogP contribution in [0.25, 0.3) is 11.0 Å². The topological polar surface area (TPSA) is 37.9 Å². The van der Waals surface area contributed by atoms with E-state index in [1.807, 2.05) is 18.2 Å². The molecule has 0 fully saturated rings. The Balaban J connectivity index is 2.16. The Morgan fingerprint density at radius 2 is 2.19 bits per heavy atom. The summed E-state index contributed by atoms with van der Waals surface area (Å²) in [6, 6.07) is 5.93. The van der Waals surface area contributed by atoms with E-state index in [0.29, 0.717) is 0 Å². The van der Waals surface area contributed by atoms with Gasteiger partial charge in [-0.1, -0.05) is 19.8 Å². The summed E-state index contributed by atoms with van der Waals surface area (Å²) < 4.78 is 5.18. The minimum atomic E-state index is 0.872. The summed E-state index contributed by atoms with van der Waals surface area (Å²) in [5.41, 5.74) is 2.08. The van der Waals surface area contributed by atoms with Crippen molar-refractivity contribution in [1.29, 1.82) is 0 Å². The minimum absolute atomic E-state index is 0.872. The number of hydrogen-bond acceptors (Lipinski definition) is 2. The van der Waals surface area contributed by atoms with Crippen LogP contribution in [0.3, 0.4) is 0 Å². The molecule has 16 heavy (non-hydrogen) atoms. The van der Waals surface area contributed by atoms with Gasteiger partial charge in [0.2, 0.25) is 0 Å². The maximum atomic E-state index is 5.18. The number of aromatic nitrogens is 2. The fourth-order valence-corrected chi connectivity index (χ4v) is 1.83. The number of nitrogens with zero attached hydrogens (tertiary/aromatic N) is 1. The lowest BCUT2D eigenvalue weighted by molar-refractivity contribution is 0.415. The van der Waals surface area contributed by atoms with Crippen LogP contribution in [0.15, 0.2) is 18.2 Å². The zero-order valence-electron chi connectivity index (χ0n) is 9.92. The number of benzene rings is 1. The molecule has 2 rings (SSSR count). The maximum absolute atomic E-state index is 5.18. The number of H-pyrrole nitrogens is 1. The lowest BCUT2D eigenvalue weighted by atomic mass is 10.2. The van der Waals surface area contributed by atoms with Gasteiger partial charge in [-0.3, -0.25) is 0 Å². The van der Waals surface area contributed by atoms with Crippen LogP contribution < -0.4 is 4.74 Å². The zero-order valence-corrected chi connectivity index (χ0v) is 9.92. The number of aromatic amines is 1. The van der Waals surface area contributed by atoms with Crippen molar-refractivity contribution in [2.24, 2.45) is 0 Å². The Hall–Kier alpha value is -1.51. The summed E-state index contributed by atoms with van der Waals surface area (Å²) in [7, 11) is 1.68. The van der Waals surface area contributed by atoms with Gasteiger partial charge in [0.15, 0.2) is 0 Å². The molecule has 1 aromatic heterocycles. The number of imidazole rings is 1. The van der Waals surface area contributed by atoms with Crippen molar-refractivity contribution in [2.75, 3.05) is 7.11 Å². The first-order valence-corrected chi connectivity index (χ1v) is 5.86. The minimum Gasteiger partial charge on any atom is -0.497 e. The first-order chi connectivity index (χ1) is 7.83. The van der Waals surface area contributed by atoms with E-state index >= 15 is 0 Å². The van der Waals surface area contributed by atoms with Crippen molar-refractivity contribution < 1.29 is 4.74 Å². The Morgan fingerprint density at radius 3 is 2.94 bits per heavy atom. The Labute approximate surface area is 95.8 Å². The van der Waals surface area contributed by atoms with Crippen LogP contribution in [0.1, 0.15) is 32.0 Å². The van der Waals surface area contributed by atoms with Gasteiger partial charge in [0.25, 0.3) is 0 Å². The Bertz CT molecular complexity index is 462. The van der Waals surface area contributed by atoms with Gasteiger partial charge in [0.05, 0.1) is 18.1 Å². The molecule has 0 radical (unpaired) electrons. The highest BCUT2D eigenvalue weighted by Gasteiger charge is 2.03. The molecule has 0 aliphatic heterocycles. The molecule has 0 saturated carbocycles. The largest absolute Gasteiger partial charge is 0.497 e. The van der Waals surface area contributed by atoms with E-state index in [1.165, 1.54) is 19.3 Å². The van der Waals surface area contributed by atoms with Crippen LogP contribution in [0.4, 0.5) is 0 Å². The summed E-state index contributed by atoms with van der Waals surface area (Å²) in [6.45, 7) is 2.21. The smallest absolute Gasteiger partial charge is 0.121 e. The van der Waals surface area contributed by atoms with Crippen molar-refractivity contribution in [1.82, 2.24) is 9.97 Å². The standard InChI is InChI=1S/C13H18N2O/c1-3-4-5-6-13-14-11-8-7-10(16-2)9-12(11)15-13/h7-9H,3-6H2,1-2H3,(H,14,15). The highest BCUT2D eigenvalue weighted by atomic mass is 16.5.